The molecule has 0 aromatic heterocycles. The van der Waals surface area contributed by atoms with E-state index in [9.17, 15) is 5.11 Å². The molecule has 0 aliphatic heterocycles. The van der Waals surface area contributed by atoms with Crippen LogP contribution >= 0.6 is 0 Å². The summed E-state index contributed by atoms with van der Waals surface area (Å²) in [4.78, 5) is 2.28. The van der Waals surface area contributed by atoms with Gasteiger partial charge < -0.3 is 19.3 Å². The summed E-state index contributed by atoms with van der Waals surface area (Å²) >= 11 is 0. The summed E-state index contributed by atoms with van der Waals surface area (Å²) < 4.78 is 16.5. The predicted octanol–water partition coefficient (Wildman–Crippen LogP) is 4.13. The predicted molar refractivity (Wildman–Crippen MR) is 116 cm³/mol. The summed E-state index contributed by atoms with van der Waals surface area (Å²) in [7, 11) is 3.28. The van der Waals surface area contributed by atoms with Gasteiger partial charge in [0.2, 0.25) is 0 Å². The maximum atomic E-state index is 10.5. The quantitative estimate of drug-likeness (QED) is 0.547. The highest BCUT2D eigenvalue weighted by atomic mass is 16.5. The fourth-order valence-corrected chi connectivity index (χ4v) is 3.15. The zero-order chi connectivity index (χ0) is 21.1. The highest BCUT2D eigenvalue weighted by Crippen LogP contribution is 2.28. The Bertz CT molecular complexity index is 705. The molecule has 0 saturated heterocycles. The monoisotopic (exact) mass is 401 g/mol. The van der Waals surface area contributed by atoms with Crippen molar-refractivity contribution in [1.29, 1.82) is 0 Å². The first kappa shape index (κ1) is 23.2. The van der Waals surface area contributed by atoms with Crippen molar-refractivity contribution in [2.24, 2.45) is 5.92 Å². The topological polar surface area (TPSA) is 51.2 Å². The van der Waals surface area contributed by atoms with Crippen molar-refractivity contribution < 1.29 is 19.3 Å². The fourth-order valence-electron chi connectivity index (χ4n) is 3.15. The zero-order valence-electron chi connectivity index (χ0n) is 18.1. The van der Waals surface area contributed by atoms with Gasteiger partial charge in [-0.1, -0.05) is 50.2 Å². The van der Waals surface area contributed by atoms with E-state index in [4.69, 9.17) is 14.2 Å². The van der Waals surface area contributed by atoms with E-state index < -0.39 is 6.10 Å². The number of benzene rings is 2. The van der Waals surface area contributed by atoms with Crippen LogP contribution in [0.5, 0.6) is 11.5 Å². The normalized spacial score (nSPS) is 12.4. The van der Waals surface area contributed by atoms with E-state index in [1.165, 1.54) is 0 Å². The molecule has 29 heavy (non-hydrogen) atoms. The molecule has 1 unspecified atom stereocenters. The molecule has 0 radical (unpaired) electrons. The van der Waals surface area contributed by atoms with Crippen molar-refractivity contribution in [2.75, 3.05) is 33.9 Å². The molecular weight excluding hydrogens is 366 g/mol. The molecule has 2 rings (SSSR count). The number of aliphatic hydroxyl groups excluding tert-OH is 1. The highest BCUT2D eigenvalue weighted by molar-refractivity contribution is 5.42. The molecule has 2 aromatic carbocycles. The fraction of sp³-hybridized carbons (Fsp3) is 0.500. The van der Waals surface area contributed by atoms with Gasteiger partial charge in [-0.05, 0) is 42.1 Å². The third-order valence-corrected chi connectivity index (χ3v) is 4.77. The maximum Gasteiger partial charge on any atom is 0.161 e. The molecule has 0 fully saturated rings. The Morgan fingerprint density at radius 2 is 1.66 bits per heavy atom. The number of aliphatic hydroxyl groups is 1. The molecule has 0 heterocycles. The van der Waals surface area contributed by atoms with E-state index in [2.05, 4.69) is 18.7 Å². The van der Waals surface area contributed by atoms with Gasteiger partial charge in [-0.3, -0.25) is 4.90 Å². The van der Waals surface area contributed by atoms with Gasteiger partial charge in [-0.15, -0.1) is 0 Å². The average Bonchev–Trinajstić information content (AvgIpc) is 2.72. The molecule has 0 aliphatic rings. The Kier molecular flexibility index (Phi) is 9.98. The summed E-state index contributed by atoms with van der Waals surface area (Å²) in [6.07, 6.45) is 0.538. The van der Waals surface area contributed by atoms with E-state index in [1.807, 2.05) is 48.5 Å². The largest absolute Gasteiger partial charge is 0.493 e. The molecule has 160 valence electrons. The smallest absolute Gasteiger partial charge is 0.161 e. The molecule has 0 amide bonds. The van der Waals surface area contributed by atoms with Gasteiger partial charge in [0.25, 0.3) is 0 Å². The third-order valence-electron chi connectivity index (χ3n) is 4.77. The SMILES string of the molecule is COc1ccc(CN(CCC(C)C)CC(O)COCc2ccccc2)cc1OC. The minimum Gasteiger partial charge on any atom is -0.493 e. The summed E-state index contributed by atoms with van der Waals surface area (Å²) in [6, 6.07) is 16.0. The van der Waals surface area contributed by atoms with E-state index in [0.29, 0.717) is 25.7 Å². The molecule has 2 aromatic rings. The van der Waals surface area contributed by atoms with Gasteiger partial charge in [-0.2, -0.15) is 0 Å². The van der Waals surface area contributed by atoms with Crippen LogP contribution in [0.3, 0.4) is 0 Å². The number of methoxy groups -OCH3 is 2. The van der Waals surface area contributed by atoms with Crippen molar-refractivity contribution in [3.05, 3.63) is 59.7 Å². The average molecular weight is 402 g/mol. The van der Waals surface area contributed by atoms with Crippen LogP contribution in [0.4, 0.5) is 0 Å². The zero-order valence-corrected chi connectivity index (χ0v) is 18.1. The van der Waals surface area contributed by atoms with Crippen LogP contribution in [-0.2, 0) is 17.9 Å². The summed E-state index contributed by atoms with van der Waals surface area (Å²) in [5.41, 5.74) is 2.24. The lowest BCUT2D eigenvalue weighted by Crippen LogP contribution is -2.35. The summed E-state index contributed by atoms with van der Waals surface area (Å²) in [5.74, 6) is 2.05. The maximum absolute atomic E-state index is 10.5. The Morgan fingerprint density at radius 1 is 0.931 bits per heavy atom. The van der Waals surface area contributed by atoms with E-state index >= 15 is 0 Å². The van der Waals surface area contributed by atoms with E-state index in [0.717, 1.165) is 42.1 Å². The Hall–Kier alpha value is -2.08. The lowest BCUT2D eigenvalue weighted by Gasteiger charge is -2.26. The van der Waals surface area contributed by atoms with Gasteiger partial charge in [0, 0.05) is 13.1 Å². The lowest BCUT2D eigenvalue weighted by molar-refractivity contribution is 0.00788. The van der Waals surface area contributed by atoms with Crippen LogP contribution in [0.25, 0.3) is 0 Å². The third kappa shape index (κ3) is 8.44. The number of rotatable bonds is 13. The minimum absolute atomic E-state index is 0.318. The number of hydrogen-bond acceptors (Lipinski definition) is 5. The van der Waals surface area contributed by atoms with Gasteiger partial charge in [0.15, 0.2) is 11.5 Å². The van der Waals surface area contributed by atoms with Crippen molar-refractivity contribution in [3.63, 3.8) is 0 Å². The van der Waals surface area contributed by atoms with Gasteiger partial charge >= 0.3 is 0 Å². The van der Waals surface area contributed by atoms with Crippen molar-refractivity contribution in [3.8, 4) is 11.5 Å². The number of nitrogens with zero attached hydrogens (tertiary/aromatic N) is 1. The molecule has 5 nitrogen and oxygen atoms in total. The molecule has 5 heteroatoms. The van der Waals surface area contributed by atoms with E-state index in [-0.39, 0.29) is 0 Å². The van der Waals surface area contributed by atoms with Crippen LogP contribution in [0.2, 0.25) is 0 Å². The lowest BCUT2D eigenvalue weighted by atomic mass is 10.1. The highest BCUT2D eigenvalue weighted by Gasteiger charge is 2.15. The van der Waals surface area contributed by atoms with Gasteiger partial charge in [0.1, 0.15) is 0 Å². The van der Waals surface area contributed by atoms with Crippen LogP contribution < -0.4 is 9.47 Å². The van der Waals surface area contributed by atoms with Crippen LogP contribution in [0.1, 0.15) is 31.4 Å². The molecular formula is C24H35NO4. The van der Waals surface area contributed by atoms with Crippen LogP contribution in [0, 0.1) is 5.92 Å². The Labute approximate surface area is 175 Å². The first-order valence-electron chi connectivity index (χ1n) is 10.2. The molecule has 0 bridgehead atoms. The molecule has 0 aliphatic carbocycles. The first-order chi connectivity index (χ1) is 14.0. The molecule has 1 atom stereocenters. The molecule has 1 N–H and O–H groups in total. The van der Waals surface area contributed by atoms with Crippen molar-refractivity contribution in [2.45, 2.75) is 39.5 Å². The second-order valence-electron chi connectivity index (χ2n) is 7.76. The minimum atomic E-state index is -0.536. The second-order valence-corrected chi connectivity index (χ2v) is 7.76. The summed E-state index contributed by atoms with van der Waals surface area (Å²) in [5, 5.41) is 10.5. The van der Waals surface area contributed by atoms with E-state index in [1.54, 1.807) is 14.2 Å². The number of hydrogen-bond donors (Lipinski definition) is 1. The van der Waals surface area contributed by atoms with Crippen LogP contribution in [-0.4, -0.2) is 50.0 Å². The van der Waals surface area contributed by atoms with Crippen molar-refractivity contribution >= 4 is 0 Å². The van der Waals surface area contributed by atoms with Gasteiger partial charge in [0.05, 0.1) is 33.5 Å². The van der Waals surface area contributed by atoms with Gasteiger partial charge in [-0.25, -0.2) is 0 Å². The number of ether oxygens (including phenoxy) is 3. The first-order valence-corrected chi connectivity index (χ1v) is 10.2. The molecule has 0 spiro atoms. The Morgan fingerprint density at radius 3 is 2.31 bits per heavy atom. The second kappa shape index (κ2) is 12.5. The van der Waals surface area contributed by atoms with Crippen molar-refractivity contribution in [1.82, 2.24) is 4.90 Å². The molecule has 0 saturated carbocycles. The Balaban J connectivity index is 1.92. The standard InChI is InChI=1S/C24H35NO4/c1-19(2)12-13-25(15-21-10-11-23(27-3)24(14-21)28-4)16-22(26)18-29-17-20-8-6-5-7-9-20/h5-11,14,19,22,26H,12-13,15-18H2,1-4H3. The summed E-state index contributed by atoms with van der Waals surface area (Å²) in [6.45, 7) is 7.49. The van der Waals surface area contributed by atoms with Crippen LogP contribution in [0.15, 0.2) is 48.5 Å².